The molecule has 15 heteroatoms. The van der Waals surface area contributed by atoms with Crippen LogP contribution >= 0.6 is 11.8 Å². The molecule has 2 aromatic rings. The first kappa shape index (κ1) is 39.2. The average Bonchev–Trinajstić information content (AvgIpc) is 3.10. The van der Waals surface area contributed by atoms with Crippen molar-refractivity contribution in [3.8, 4) is 0 Å². The molecule has 4 rings (SSSR count). The van der Waals surface area contributed by atoms with Gasteiger partial charge in [0.15, 0.2) is 0 Å². The molecule has 2 aliphatic heterocycles. The maximum atomic E-state index is 13.5. The van der Waals surface area contributed by atoms with Crippen molar-refractivity contribution in [2.24, 2.45) is 0 Å². The van der Waals surface area contributed by atoms with Crippen LogP contribution in [-0.2, 0) is 39.3 Å². The fraction of sp³-hybridized carbons (Fsp3) is 0.618. The zero-order valence-corrected chi connectivity index (χ0v) is 28.9. The molecular formula is C34H48F3N3O8S. The molecule has 2 heterocycles. The summed E-state index contributed by atoms with van der Waals surface area (Å²) < 4.78 is 77.9. The van der Waals surface area contributed by atoms with E-state index in [4.69, 9.17) is 33.2 Å². The number of fused-ring (bicyclic) bond motifs is 2. The van der Waals surface area contributed by atoms with E-state index in [0.717, 1.165) is 34.5 Å². The Bertz CT molecular complexity index is 1250. The lowest BCUT2D eigenvalue weighted by Gasteiger charge is -2.36. The van der Waals surface area contributed by atoms with Crippen molar-refractivity contribution in [1.29, 1.82) is 0 Å². The van der Waals surface area contributed by atoms with Gasteiger partial charge in [0, 0.05) is 49.6 Å². The molecule has 0 aliphatic carbocycles. The van der Waals surface area contributed by atoms with Crippen LogP contribution in [0.25, 0.3) is 0 Å². The predicted molar refractivity (Wildman–Crippen MR) is 179 cm³/mol. The molecule has 0 saturated carbocycles. The number of anilines is 2. The molecule has 2 aromatic carbocycles. The second-order valence-corrected chi connectivity index (χ2v) is 12.3. The molecule has 0 radical (unpaired) electrons. The Morgan fingerprint density at radius 2 is 1.24 bits per heavy atom. The smallest absolute Gasteiger partial charge is 0.416 e. The second kappa shape index (κ2) is 21.6. The third-order valence-corrected chi connectivity index (χ3v) is 8.94. The van der Waals surface area contributed by atoms with Crippen LogP contribution in [0.1, 0.15) is 12.0 Å². The van der Waals surface area contributed by atoms with Gasteiger partial charge in [-0.25, -0.2) is 4.79 Å². The zero-order valence-electron chi connectivity index (χ0n) is 28.1. The molecule has 0 atom stereocenters. The quantitative estimate of drug-likeness (QED) is 0.151. The number of hydrogen-bond acceptors (Lipinski definition) is 11. The standard InChI is InChI=1S/C34H48F3N3O8S/c1-42-15-16-43-17-18-44-19-20-45-21-22-46-23-24-47-25-26-48-33(41)39-13-11-38(12-14-39)9-4-10-40-29-5-2-3-6-31(29)49-32-8-7-28(27-30(32)40)34(35,36)37/h2-3,5-8,27H,4,9-26H2,1H3. The van der Waals surface area contributed by atoms with E-state index in [1.54, 1.807) is 18.1 Å². The van der Waals surface area contributed by atoms with Gasteiger partial charge in [-0.3, -0.25) is 4.90 Å². The second-order valence-electron chi connectivity index (χ2n) is 11.3. The van der Waals surface area contributed by atoms with E-state index >= 15 is 0 Å². The van der Waals surface area contributed by atoms with E-state index in [-0.39, 0.29) is 19.3 Å². The van der Waals surface area contributed by atoms with Crippen LogP contribution in [-0.4, -0.2) is 142 Å². The van der Waals surface area contributed by atoms with Crippen molar-refractivity contribution >= 4 is 29.2 Å². The van der Waals surface area contributed by atoms with Crippen molar-refractivity contribution in [3.63, 3.8) is 0 Å². The Labute approximate surface area is 290 Å². The number of ether oxygens (including phenoxy) is 7. The molecule has 0 aromatic heterocycles. The third-order valence-electron chi connectivity index (χ3n) is 7.81. The maximum Gasteiger partial charge on any atom is 0.416 e. The summed E-state index contributed by atoms with van der Waals surface area (Å²) in [5.74, 6) is 0. The molecule has 0 unspecified atom stereocenters. The van der Waals surface area contributed by atoms with Crippen LogP contribution in [0.5, 0.6) is 0 Å². The molecule has 49 heavy (non-hydrogen) atoms. The summed E-state index contributed by atoms with van der Waals surface area (Å²) >= 11 is 1.49. The lowest BCUT2D eigenvalue weighted by molar-refractivity contribution is -0.137. The van der Waals surface area contributed by atoms with Crippen LogP contribution in [0.2, 0.25) is 0 Å². The average molecular weight is 716 g/mol. The number of methoxy groups -OCH3 is 1. The van der Waals surface area contributed by atoms with Gasteiger partial charge in [0.25, 0.3) is 0 Å². The molecule has 1 saturated heterocycles. The number of alkyl halides is 3. The summed E-state index contributed by atoms with van der Waals surface area (Å²) in [5.41, 5.74) is 0.858. The highest BCUT2D eigenvalue weighted by molar-refractivity contribution is 7.99. The van der Waals surface area contributed by atoms with Gasteiger partial charge in [-0.05, 0) is 43.3 Å². The number of benzene rings is 2. The SMILES string of the molecule is COCCOCCOCCOCCOCCOCCOC(=O)N1CCN(CCCN2c3ccccc3Sc3ccc(C(F)(F)F)cc32)CC1. The first-order valence-corrected chi connectivity index (χ1v) is 17.5. The van der Waals surface area contributed by atoms with Gasteiger partial charge in [0.05, 0.1) is 89.6 Å². The Hall–Kier alpha value is -2.63. The summed E-state index contributed by atoms with van der Waals surface area (Å²) in [6.07, 6.45) is -4.01. The van der Waals surface area contributed by atoms with Crippen molar-refractivity contribution < 1.29 is 51.1 Å². The number of carbonyl (C=O) groups is 1. The van der Waals surface area contributed by atoms with Crippen molar-refractivity contribution in [1.82, 2.24) is 9.80 Å². The van der Waals surface area contributed by atoms with Crippen molar-refractivity contribution in [2.75, 3.05) is 131 Å². The van der Waals surface area contributed by atoms with Gasteiger partial charge in [0.2, 0.25) is 0 Å². The van der Waals surface area contributed by atoms with Crippen LogP contribution in [0.4, 0.5) is 29.3 Å². The minimum absolute atomic E-state index is 0.159. The molecular weight excluding hydrogens is 667 g/mol. The molecule has 1 amide bonds. The highest BCUT2D eigenvalue weighted by Crippen LogP contribution is 2.49. The van der Waals surface area contributed by atoms with E-state index in [1.807, 2.05) is 29.2 Å². The van der Waals surface area contributed by atoms with Crippen LogP contribution in [0.15, 0.2) is 52.3 Å². The summed E-state index contributed by atoms with van der Waals surface area (Å²) in [6, 6.07) is 11.8. The molecule has 0 N–H and O–H groups in total. The third kappa shape index (κ3) is 13.5. The lowest BCUT2D eigenvalue weighted by Crippen LogP contribution is -2.49. The number of hydrogen-bond donors (Lipinski definition) is 0. The van der Waals surface area contributed by atoms with Gasteiger partial charge in [-0.2, -0.15) is 13.2 Å². The fourth-order valence-electron chi connectivity index (χ4n) is 5.26. The molecule has 0 bridgehead atoms. The number of rotatable bonds is 22. The Kier molecular flexibility index (Phi) is 17.2. The van der Waals surface area contributed by atoms with E-state index in [1.165, 1.54) is 17.8 Å². The first-order chi connectivity index (χ1) is 23.9. The lowest BCUT2D eigenvalue weighted by atomic mass is 10.1. The van der Waals surface area contributed by atoms with Crippen LogP contribution in [0, 0.1) is 0 Å². The van der Waals surface area contributed by atoms with Crippen molar-refractivity contribution in [2.45, 2.75) is 22.4 Å². The number of piperazine rings is 1. The minimum Gasteiger partial charge on any atom is -0.447 e. The number of para-hydroxylation sites is 1. The maximum absolute atomic E-state index is 13.5. The Morgan fingerprint density at radius 3 is 1.84 bits per heavy atom. The number of carbonyl (C=O) groups excluding carboxylic acids is 1. The van der Waals surface area contributed by atoms with E-state index in [9.17, 15) is 18.0 Å². The number of nitrogens with zero attached hydrogens (tertiary/aromatic N) is 3. The van der Waals surface area contributed by atoms with Crippen LogP contribution in [0.3, 0.4) is 0 Å². The fourth-order valence-corrected chi connectivity index (χ4v) is 6.33. The number of halogens is 3. The summed E-state index contributed by atoms with van der Waals surface area (Å²) in [7, 11) is 1.63. The van der Waals surface area contributed by atoms with Gasteiger partial charge < -0.3 is 43.0 Å². The topological polar surface area (TPSA) is 91.4 Å². The van der Waals surface area contributed by atoms with Gasteiger partial charge in [-0.15, -0.1) is 0 Å². The summed E-state index contributed by atoms with van der Waals surface area (Å²) in [5, 5.41) is 0. The molecule has 2 aliphatic rings. The zero-order chi connectivity index (χ0) is 34.7. The van der Waals surface area contributed by atoms with Gasteiger partial charge in [-0.1, -0.05) is 23.9 Å². The Balaban J connectivity index is 1.02. The van der Waals surface area contributed by atoms with Gasteiger partial charge in [0.1, 0.15) is 6.61 Å². The van der Waals surface area contributed by atoms with E-state index < -0.39 is 11.7 Å². The monoisotopic (exact) mass is 715 g/mol. The molecule has 0 spiro atoms. The minimum atomic E-state index is -4.40. The number of amides is 1. The predicted octanol–water partition coefficient (Wildman–Crippen LogP) is 5.18. The van der Waals surface area contributed by atoms with Gasteiger partial charge >= 0.3 is 12.3 Å². The normalized spacial score (nSPS) is 14.9. The summed E-state index contributed by atoms with van der Waals surface area (Å²) in [6.45, 7) is 9.15. The molecule has 274 valence electrons. The van der Waals surface area contributed by atoms with Crippen molar-refractivity contribution in [3.05, 3.63) is 48.0 Å². The molecule has 11 nitrogen and oxygen atoms in total. The van der Waals surface area contributed by atoms with E-state index in [0.29, 0.717) is 104 Å². The van der Waals surface area contributed by atoms with E-state index in [2.05, 4.69) is 4.90 Å². The Morgan fingerprint density at radius 1 is 0.694 bits per heavy atom. The largest absolute Gasteiger partial charge is 0.447 e. The van der Waals surface area contributed by atoms with Crippen LogP contribution < -0.4 is 4.90 Å². The summed E-state index contributed by atoms with van der Waals surface area (Å²) in [4.78, 5) is 20.3. The highest BCUT2D eigenvalue weighted by Gasteiger charge is 2.33. The first-order valence-electron chi connectivity index (χ1n) is 16.6. The molecule has 1 fully saturated rings. The highest BCUT2D eigenvalue weighted by atomic mass is 32.2.